The van der Waals surface area contributed by atoms with Crippen LogP contribution in [0.2, 0.25) is 0 Å². The Labute approximate surface area is 177 Å². The van der Waals surface area contributed by atoms with Gasteiger partial charge in [0, 0.05) is 17.8 Å². The van der Waals surface area contributed by atoms with Gasteiger partial charge in [-0.05, 0) is 56.2 Å². The molecule has 0 saturated heterocycles. The van der Waals surface area contributed by atoms with Gasteiger partial charge in [0.05, 0.1) is 17.4 Å². The normalized spacial score (nSPS) is 18.9. The fourth-order valence-corrected chi connectivity index (χ4v) is 4.08. The first kappa shape index (κ1) is 20.4. The van der Waals surface area contributed by atoms with Gasteiger partial charge in [0.2, 0.25) is 0 Å². The lowest BCUT2D eigenvalue weighted by Gasteiger charge is -2.26. The van der Waals surface area contributed by atoms with Crippen molar-refractivity contribution in [2.45, 2.75) is 58.1 Å². The van der Waals surface area contributed by atoms with Crippen molar-refractivity contribution in [3.8, 4) is 16.9 Å². The van der Waals surface area contributed by atoms with E-state index in [9.17, 15) is 9.90 Å². The van der Waals surface area contributed by atoms with Gasteiger partial charge in [0.25, 0.3) is 5.91 Å². The van der Waals surface area contributed by atoms with Crippen LogP contribution < -0.4 is 5.32 Å². The van der Waals surface area contributed by atoms with Gasteiger partial charge in [-0.2, -0.15) is 5.10 Å². The molecule has 1 aliphatic rings. The number of nitrogens with zero attached hydrogens (tertiary/aromatic N) is 2. The Balaban J connectivity index is 1.69. The van der Waals surface area contributed by atoms with Gasteiger partial charge in [0.15, 0.2) is 0 Å². The Morgan fingerprint density at radius 1 is 1.10 bits per heavy atom. The highest BCUT2D eigenvalue weighted by atomic mass is 16.3. The zero-order valence-electron chi connectivity index (χ0n) is 17.6. The lowest BCUT2D eigenvalue weighted by atomic mass is 9.93. The zero-order valence-corrected chi connectivity index (χ0v) is 17.6. The molecule has 1 saturated carbocycles. The van der Waals surface area contributed by atoms with Crippen LogP contribution in [0.1, 0.15) is 54.1 Å². The molecule has 1 aromatic heterocycles. The third-order valence-corrected chi connectivity index (χ3v) is 5.99. The average Bonchev–Trinajstić information content (AvgIpc) is 3.21. The van der Waals surface area contributed by atoms with E-state index in [1.54, 1.807) is 4.68 Å². The van der Waals surface area contributed by atoms with E-state index in [4.69, 9.17) is 5.10 Å². The largest absolute Gasteiger partial charge is 0.393 e. The minimum Gasteiger partial charge on any atom is -0.393 e. The standard InChI is InChI=1S/C25H29N3O2/c1-3-18-8-10-19(11-9-18)24-22(25(30)26-20-12-14-21(29)15-13-20)16-28(27-24)23-7-5-4-6-17(23)2/h4-11,16,20-21,29H,3,12-15H2,1-2H3,(H,26,30). The maximum atomic E-state index is 13.2. The number of aryl methyl sites for hydroxylation is 2. The van der Waals surface area contributed by atoms with Crippen molar-refractivity contribution in [2.75, 3.05) is 0 Å². The molecule has 0 spiro atoms. The molecule has 3 aromatic rings. The second-order valence-electron chi connectivity index (χ2n) is 8.15. The molecule has 5 heteroatoms. The molecule has 156 valence electrons. The maximum Gasteiger partial charge on any atom is 0.255 e. The molecule has 0 unspecified atom stereocenters. The SMILES string of the molecule is CCc1ccc(-c2nn(-c3ccccc3C)cc2C(=O)NC2CCC(O)CC2)cc1. The van der Waals surface area contributed by atoms with E-state index in [-0.39, 0.29) is 18.1 Å². The van der Waals surface area contributed by atoms with Gasteiger partial charge in [-0.25, -0.2) is 4.68 Å². The van der Waals surface area contributed by atoms with Gasteiger partial charge < -0.3 is 10.4 Å². The quantitative estimate of drug-likeness (QED) is 0.662. The van der Waals surface area contributed by atoms with Crippen molar-refractivity contribution in [2.24, 2.45) is 0 Å². The molecule has 1 heterocycles. The Bertz CT molecular complexity index is 1020. The molecule has 0 bridgehead atoms. The zero-order chi connectivity index (χ0) is 21.1. The lowest BCUT2D eigenvalue weighted by Crippen LogP contribution is -2.38. The van der Waals surface area contributed by atoms with Crippen LogP contribution in [0, 0.1) is 6.92 Å². The van der Waals surface area contributed by atoms with Crippen molar-refractivity contribution in [1.82, 2.24) is 15.1 Å². The third-order valence-electron chi connectivity index (χ3n) is 5.99. The first-order chi connectivity index (χ1) is 14.5. The molecule has 1 fully saturated rings. The molecule has 5 nitrogen and oxygen atoms in total. The van der Waals surface area contributed by atoms with Crippen LogP contribution in [-0.2, 0) is 6.42 Å². The first-order valence-corrected chi connectivity index (χ1v) is 10.8. The molecule has 1 amide bonds. The smallest absolute Gasteiger partial charge is 0.255 e. The lowest BCUT2D eigenvalue weighted by molar-refractivity contribution is 0.0868. The molecular weight excluding hydrogens is 374 g/mol. The summed E-state index contributed by atoms with van der Waals surface area (Å²) in [5, 5.41) is 17.7. The number of aliphatic hydroxyl groups excluding tert-OH is 1. The van der Waals surface area contributed by atoms with E-state index in [1.807, 2.05) is 49.5 Å². The number of benzene rings is 2. The Morgan fingerprint density at radius 3 is 2.47 bits per heavy atom. The first-order valence-electron chi connectivity index (χ1n) is 10.8. The molecule has 0 aliphatic heterocycles. The molecule has 30 heavy (non-hydrogen) atoms. The number of hydrogen-bond acceptors (Lipinski definition) is 3. The van der Waals surface area contributed by atoms with Gasteiger partial charge in [-0.3, -0.25) is 4.79 Å². The van der Waals surface area contributed by atoms with Crippen molar-refractivity contribution in [3.05, 3.63) is 71.4 Å². The Morgan fingerprint density at radius 2 is 1.80 bits per heavy atom. The summed E-state index contributed by atoms with van der Waals surface area (Å²) in [6.07, 6.45) is 5.64. The van der Waals surface area contributed by atoms with E-state index in [2.05, 4.69) is 24.4 Å². The second kappa shape index (κ2) is 8.84. The topological polar surface area (TPSA) is 67.2 Å². The van der Waals surface area contributed by atoms with Crippen molar-refractivity contribution in [1.29, 1.82) is 0 Å². The molecular formula is C25H29N3O2. The summed E-state index contributed by atoms with van der Waals surface area (Å²) in [6, 6.07) is 16.4. The summed E-state index contributed by atoms with van der Waals surface area (Å²) >= 11 is 0. The number of hydrogen-bond donors (Lipinski definition) is 2. The summed E-state index contributed by atoms with van der Waals surface area (Å²) in [5.74, 6) is -0.106. The van der Waals surface area contributed by atoms with Crippen LogP contribution in [0.4, 0.5) is 0 Å². The Hall–Kier alpha value is -2.92. The van der Waals surface area contributed by atoms with E-state index >= 15 is 0 Å². The molecule has 0 radical (unpaired) electrons. The van der Waals surface area contributed by atoms with Crippen molar-refractivity contribution in [3.63, 3.8) is 0 Å². The summed E-state index contributed by atoms with van der Waals surface area (Å²) in [7, 11) is 0. The highest BCUT2D eigenvalue weighted by molar-refractivity contribution is 6.00. The van der Waals surface area contributed by atoms with Crippen molar-refractivity contribution >= 4 is 5.91 Å². The average molecular weight is 404 g/mol. The fourth-order valence-electron chi connectivity index (χ4n) is 4.08. The highest BCUT2D eigenvalue weighted by Crippen LogP contribution is 2.26. The highest BCUT2D eigenvalue weighted by Gasteiger charge is 2.24. The molecule has 2 N–H and O–H groups in total. The number of aliphatic hydroxyl groups is 1. The molecule has 2 aromatic carbocycles. The summed E-state index contributed by atoms with van der Waals surface area (Å²) < 4.78 is 1.80. The number of carbonyl (C=O) groups is 1. The minimum atomic E-state index is -0.241. The monoisotopic (exact) mass is 403 g/mol. The number of aromatic nitrogens is 2. The number of nitrogens with one attached hydrogen (secondary N) is 1. The molecule has 4 rings (SSSR count). The summed E-state index contributed by atoms with van der Waals surface area (Å²) in [5.41, 5.74) is 5.51. The second-order valence-corrected chi connectivity index (χ2v) is 8.15. The van der Waals surface area contributed by atoms with E-state index in [1.165, 1.54) is 5.56 Å². The molecule has 0 atom stereocenters. The third kappa shape index (κ3) is 4.31. The summed E-state index contributed by atoms with van der Waals surface area (Å²) in [4.78, 5) is 13.2. The van der Waals surface area contributed by atoms with Crippen LogP contribution in [0.5, 0.6) is 0 Å². The van der Waals surface area contributed by atoms with Gasteiger partial charge in [-0.15, -0.1) is 0 Å². The number of carbonyl (C=O) groups excluding carboxylic acids is 1. The van der Waals surface area contributed by atoms with Crippen LogP contribution >= 0.6 is 0 Å². The maximum absolute atomic E-state index is 13.2. The van der Waals surface area contributed by atoms with Crippen LogP contribution in [-0.4, -0.2) is 32.9 Å². The number of para-hydroxylation sites is 1. The van der Waals surface area contributed by atoms with Gasteiger partial charge in [-0.1, -0.05) is 49.4 Å². The predicted molar refractivity (Wildman–Crippen MR) is 119 cm³/mol. The van der Waals surface area contributed by atoms with Crippen LogP contribution in [0.25, 0.3) is 16.9 Å². The van der Waals surface area contributed by atoms with Crippen LogP contribution in [0.3, 0.4) is 0 Å². The minimum absolute atomic E-state index is 0.0954. The fraction of sp³-hybridized carbons (Fsp3) is 0.360. The van der Waals surface area contributed by atoms with Gasteiger partial charge >= 0.3 is 0 Å². The molecule has 1 aliphatic carbocycles. The number of amides is 1. The van der Waals surface area contributed by atoms with Crippen molar-refractivity contribution < 1.29 is 9.90 Å². The van der Waals surface area contributed by atoms with E-state index in [0.717, 1.165) is 48.9 Å². The Kier molecular flexibility index (Phi) is 6.00. The summed E-state index contributed by atoms with van der Waals surface area (Å²) in [6.45, 7) is 4.17. The van der Waals surface area contributed by atoms with Gasteiger partial charge in [0.1, 0.15) is 5.69 Å². The van der Waals surface area contributed by atoms with E-state index < -0.39 is 0 Å². The predicted octanol–water partition coefficient (Wildman–Crippen LogP) is 4.44. The van der Waals surface area contributed by atoms with E-state index in [0.29, 0.717) is 11.3 Å². The van der Waals surface area contributed by atoms with Crippen LogP contribution in [0.15, 0.2) is 54.7 Å². The number of rotatable bonds is 5.